The minimum Gasteiger partial charge on any atom is -0.485 e. The lowest BCUT2D eigenvalue weighted by atomic mass is 10.2. The lowest BCUT2D eigenvalue weighted by Gasteiger charge is -2.13. The third kappa shape index (κ3) is 5.06. The van der Waals surface area contributed by atoms with E-state index in [0.717, 1.165) is 30.1 Å². The first-order chi connectivity index (χ1) is 10.0. The van der Waals surface area contributed by atoms with E-state index in [9.17, 15) is 0 Å². The monoisotopic (exact) mass is 308 g/mol. The van der Waals surface area contributed by atoms with E-state index in [2.05, 4.69) is 24.3 Å². The molecule has 1 N–H and O–H groups in total. The van der Waals surface area contributed by atoms with E-state index in [1.807, 2.05) is 31.2 Å². The molecular formula is C16H21ClN2O2. The molecule has 0 radical (unpaired) electrons. The van der Waals surface area contributed by atoms with E-state index >= 15 is 0 Å². The molecule has 0 aliphatic heterocycles. The van der Waals surface area contributed by atoms with Gasteiger partial charge in [0.25, 0.3) is 0 Å². The van der Waals surface area contributed by atoms with Crippen LogP contribution in [-0.2, 0) is 13.2 Å². The van der Waals surface area contributed by atoms with Crippen molar-refractivity contribution in [2.75, 3.05) is 6.54 Å². The van der Waals surface area contributed by atoms with Gasteiger partial charge >= 0.3 is 0 Å². The van der Waals surface area contributed by atoms with Crippen molar-refractivity contribution in [1.29, 1.82) is 0 Å². The molecule has 2 rings (SSSR count). The molecule has 4 nitrogen and oxygen atoms in total. The molecule has 0 saturated heterocycles. The minimum atomic E-state index is 0.361. The topological polar surface area (TPSA) is 47.3 Å². The van der Waals surface area contributed by atoms with Crippen molar-refractivity contribution in [1.82, 2.24) is 10.5 Å². The summed E-state index contributed by atoms with van der Waals surface area (Å²) in [5.74, 6) is 2.12. The molecule has 0 bridgehead atoms. The fourth-order valence-corrected chi connectivity index (χ4v) is 2.15. The van der Waals surface area contributed by atoms with E-state index in [1.165, 1.54) is 0 Å². The van der Waals surface area contributed by atoms with E-state index < -0.39 is 0 Å². The smallest absolute Gasteiger partial charge is 0.174 e. The molecule has 0 spiro atoms. The van der Waals surface area contributed by atoms with Gasteiger partial charge in [0, 0.05) is 23.2 Å². The first-order valence-electron chi connectivity index (χ1n) is 7.08. The summed E-state index contributed by atoms with van der Waals surface area (Å²) in [6.45, 7) is 8.27. The molecular weight excluding hydrogens is 288 g/mol. The molecule has 0 atom stereocenters. The van der Waals surface area contributed by atoms with Crippen LogP contribution >= 0.6 is 11.6 Å². The second kappa shape index (κ2) is 7.48. The highest BCUT2D eigenvalue weighted by atomic mass is 35.5. The Bertz CT molecular complexity index is 581. The van der Waals surface area contributed by atoms with Gasteiger partial charge in [0.1, 0.15) is 12.4 Å². The van der Waals surface area contributed by atoms with Crippen LogP contribution in [0.5, 0.6) is 5.75 Å². The summed E-state index contributed by atoms with van der Waals surface area (Å²) in [4.78, 5) is 0. The standard InChI is InChI=1S/C16H21ClN2O2/c1-11(2)8-18-9-13-7-14(17)4-5-16(13)20-10-15-6-12(3)19-21-15/h4-7,11,18H,8-10H2,1-3H3. The van der Waals surface area contributed by atoms with Gasteiger partial charge in [-0.15, -0.1) is 0 Å². The highest BCUT2D eigenvalue weighted by Crippen LogP contribution is 2.24. The maximum absolute atomic E-state index is 6.07. The molecule has 5 heteroatoms. The summed E-state index contributed by atoms with van der Waals surface area (Å²) in [7, 11) is 0. The predicted molar refractivity (Wildman–Crippen MR) is 83.6 cm³/mol. The fraction of sp³-hybridized carbons (Fsp3) is 0.438. The molecule has 1 heterocycles. The normalized spacial score (nSPS) is 11.1. The quantitative estimate of drug-likeness (QED) is 0.841. The van der Waals surface area contributed by atoms with Crippen LogP contribution in [0, 0.1) is 12.8 Å². The molecule has 0 unspecified atom stereocenters. The number of hydrogen-bond acceptors (Lipinski definition) is 4. The highest BCUT2D eigenvalue weighted by Gasteiger charge is 2.08. The Balaban J connectivity index is 2.00. The van der Waals surface area contributed by atoms with Crippen LogP contribution in [0.1, 0.15) is 30.9 Å². The molecule has 1 aromatic carbocycles. The van der Waals surface area contributed by atoms with Crippen LogP contribution in [-0.4, -0.2) is 11.7 Å². The van der Waals surface area contributed by atoms with Crippen LogP contribution in [0.25, 0.3) is 0 Å². The molecule has 0 aliphatic carbocycles. The molecule has 0 aliphatic rings. The zero-order valence-electron chi connectivity index (χ0n) is 12.6. The summed E-state index contributed by atoms with van der Waals surface area (Å²) in [5, 5.41) is 7.95. The van der Waals surface area contributed by atoms with Crippen molar-refractivity contribution in [2.24, 2.45) is 5.92 Å². The number of benzene rings is 1. The molecule has 0 fully saturated rings. The van der Waals surface area contributed by atoms with Gasteiger partial charge in [0.15, 0.2) is 5.76 Å². The van der Waals surface area contributed by atoms with Crippen molar-refractivity contribution in [3.8, 4) is 5.75 Å². The van der Waals surface area contributed by atoms with Gasteiger partial charge in [0.2, 0.25) is 0 Å². The molecule has 2 aromatic rings. The zero-order chi connectivity index (χ0) is 15.2. The highest BCUT2D eigenvalue weighted by molar-refractivity contribution is 6.30. The van der Waals surface area contributed by atoms with Crippen LogP contribution in [0.3, 0.4) is 0 Å². The van der Waals surface area contributed by atoms with Crippen molar-refractivity contribution in [2.45, 2.75) is 33.9 Å². The second-order valence-electron chi connectivity index (χ2n) is 5.50. The van der Waals surface area contributed by atoms with Crippen molar-refractivity contribution < 1.29 is 9.26 Å². The summed E-state index contributed by atoms with van der Waals surface area (Å²) < 4.78 is 11.0. The molecule has 0 saturated carbocycles. The van der Waals surface area contributed by atoms with Crippen LogP contribution in [0.2, 0.25) is 5.02 Å². The first kappa shape index (κ1) is 15.9. The van der Waals surface area contributed by atoms with Gasteiger partial charge in [0.05, 0.1) is 5.69 Å². The Labute approximate surface area is 130 Å². The predicted octanol–water partition coefficient (Wildman–Crippen LogP) is 3.96. The van der Waals surface area contributed by atoms with Crippen molar-refractivity contribution in [3.05, 3.63) is 46.3 Å². The number of aryl methyl sites for hydroxylation is 1. The Kier molecular flexibility index (Phi) is 5.65. The zero-order valence-corrected chi connectivity index (χ0v) is 13.4. The van der Waals surface area contributed by atoms with Gasteiger partial charge in [-0.2, -0.15) is 0 Å². The Morgan fingerprint density at radius 2 is 2.14 bits per heavy atom. The Morgan fingerprint density at radius 3 is 2.81 bits per heavy atom. The van der Waals surface area contributed by atoms with Crippen LogP contribution in [0.15, 0.2) is 28.8 Å². The number of nitrogens with zero attached hydrogens (tertiary/aromatic N) is 1. The first-order valence-corrected chi connectivity index (χ1v) is 7.46. The minimum absolute atomic E-state index is 0.361. The maximum atomic E-state index is 6.07. The lowest BCUT2D eigenvalue weighted by Crippen LogP contribution is -2.19. The molecule has 1 aromatic heterocycles. The largest absolute Gasteiger partial charge is 0.485 e. The summed E-state index contributed by atoms with van der Waals surface area (Å²) in [5.41, 5.74) is 1.89. The number of aromatic nitrogens is 1. The number of hydrogen-bond donors (Lipinski definition) is 1. The van der Waals surface area contributed by atoms with Crippen molar-refractivity contribution in [3.63, 3.8) is 0 Å². The van der Waals surface area contributed by atoms with E-state index in [4.69, 9.17) is 20.9 Å². The molecule has 0 amide bonds. The summed E-state index contributed by atoms with van der Waals surface area (Å²) >= 11 is 6.07. The van der Waals surface area contributed by atoms with Crippen LogP contribution in [0.4, 0.5) is 0 Å². The van der Waals surface area contributed by atoms with Crippen molar-refractivity contribution >= 4 is 11.6 Å². The van der Waals surface area contributed by atoms with Gasteiger partial charge in [-0.1, -0.05) is 30.6 Å². The fourth-order valence-electron chi connectivity index (χ4n) is 1.96. The number of nitrogens with one attached hydrogen (secondary N) is 1. The third-order valence-electron chi connectivity index (χ3n) is 2.94. The average molecular weight is 309 g/mol. The summed E-state index contributed by atoms with van der Waals surface area (Å²) in [6.07, 6.45) is 0. The van der Waals surface area contributed by atoms with Crippen LogP contribution < -0.4 is 10.1 Å². The van der Waals surface area contributed by atoms with E-state index in [0.29, 0.717) is 23.3 Å². The number of ether oxygens (including phenoxy) is 1. The van der Waals surface area contributed by atoms with E-state index in [1.54, 1.807) is 0 Å². The lowest BCUT2D eigenvalue weighted by molar-refractivity contribution is 0.246. The van der Waals surface area contributed by atoms with E-state index in [-0.39, 0.29) is 0 Å². The third-order valence-corrected chi connectivity index (χ3v) is 3.17. The number of halogens is 1. The Morgan fingerprint density at radius 1 is 1.33 bits per heavy atom. The van der Waals surface area contributed by atoms with Gasteiger partial charge in [-0.05, 0) is 37.6 Å². The molecule has 114 valence electrons. The maximum Gasteiger partial charge on any atom is 0.174 e. The van der Waals surface area contributed by atoms with Gasteiger partial charge in [-0.25, -0.2) is 0 Å². The Hall–Kier alpha value is -1.52. The van der Waals surface area contributed by atoms with Gasteiger partial charge in [-0.3, -0.25) is 0 Å². The number of rotatable bonds is 7. The summed E-state index contributed by atoms with van der Waals surface area (Å²) in [6, 6.07) is 7.51. The second-order valence-corrected chi connectivity index (χ2v) is 5.94. The molecule has 21 heavy (non-hydrogen) atoms. The SMILES string of the molecule is Cc1cc(COc2ccc(Cl)cc2CNCC(C)C)on1. The van der Waals surface area contributed by atoms with Gasteiger partial charge < -0.3 is 14.6 Å². The average Bonchev–Trinajstić information content (AvgIpc) is 2.83.